The molecule has 1 N–H and O–H groups in total. The van der Waals surface area contributed by atoms with Gasteiger partial charge in [0.1, 0.15) is 11.5 Å². The smallest absolute Gasteiger partial charge is 0.118 e. The lowest BCUT2D eigenvalue weighted by Crippen LogP contribution is -2.41. The van der Waals surface area contributed by atoms with Crippen LogP contribution >= 0.6 is 0 Å². The van der Waals surface area contributed by atoms with E-state index >= 15 is 0 Å². The van der Waals surface area contributed by atoms with Crippen molar-refractivity contribution < 1.29 is 4.42 Å². The van der Waals surface area contributed by atoms with E-state index in [9.17, 15) is 0 Å². The molecule has 0 aliphatic carbocycles. The number of piperidine rings is 1. The van der Waals surface area contributed by atoms with Crippen molar-refractivity contribution in [3.8, 4) is 0 Å². The highest BCUT2D eigenvalue weighted by atomic mass is 16.3. The van der Waals surface area contributed by atoms with Crippen LogP contribution in [0.15, 0.2) is 16.5 Å². The first-order valence-corrected chi connectivity index (χ1v) is 6.67. The van der Waals surface area contributed by atoms with Crippen molar-refractivity contribution in [2.45, 2.75) is 45.8 Å². The standard InChI is InChI=1S/C14H24N2O/c1-11-5-4-8-16(12(11)2)10-14-7-6-13(17-14)9-15-3/h6-7,11-12,15H,4-5,8-10H2,1-3H3. The minimum atomic E-state index is 0.668. The van der Waals surface area contributed by atoms with Gasteiger partial charge in [0.05, 0.1) is 13.1 Å². The monoisotopic (exact) mass is 236 g/mol. The van der Waals surface area contributed by atoms with Crippen LogP contribution in [-0.2, 0) is 13.1 Å². The van der Waals surface area contributed by atoms with Crippen molar-refractivity contribution in [2.75, 3.05) is 13.6 Å². The van der Waals surface area contributed by atoms with E-state index in [1.54, 1.807) is 0 Å². The van der Waals surface area contributed by atoms with Crippen molar-refractivity contribution in [1.82, 2.24) is 10.2 Å². The summed E-state index contributed by atoms with van der Waals surface area (Å²) in [5.41, 5.74) is 0. The molecule has 2 unspecified atom stereocenters. The number of hydrogen-bond acceptors (Lipinski definition) is 3. The number of likely N-dealkylation sites (tertiary alicyclic amines) is 1. The van der Waals surface area contributed by atoms with Gasteiger partial charge in [-0.2, -0.15) is 0 Å². The lowest BCUT2D eigenvalue weighted by atomic mass is 9.92. The molecule has 2 rings (SSSR count). The third-order valence-electron chi connectivity index (χ3n) is 3.93. The zero-order valence-corrected chi connectivity index (χ0v) is 11.2. The molecule has 1 aromatic heterocycles. The normalized spacial score (nSPS) is 26.3. The second kappa shape index (κ2) is 5.69. The second-order valence-electron chi connectivity index (χ2n) is 5.23. The largest absolute Gasteiger partial charge is 0.463 e. The first-order chi connectivity index (χ1) is 8.20. The van der Waals surface area contributed by atoms with E-state index in [1.165, 1.54) is 19.4 Å². The van der Waals surface area contributed by atoms with Crippen molar-refractivity contribution in [1.29, 1.82) is 0 Å². The SMILES string of the molecule is CNCc1ccc(CN2CCCC(C)C2C)o1. The van der Waals surface area contributed by atoms with Crippen LogP contribution < -0.4 is 5.32 Å². The maximum absolute atomic E-state index is 5.81. The first-order valence-electron chi connectivity index (χ1n) is 6.67. The summed E-state index contributed by atoms with van der Waals surface area (Å²) in [6, 6.07) is 4.85. The van der Waals surface area contributed by atoms with E-state index < -0.39 is 0 Å². The Morgan fingerprint density at radius 3 is 2.88 bits per heavy atom. The maximum Gasteiger partial charge on any atom is 0.118 e. The minimum Gasteiger partial charge on any atom is -0.463 e. The van der Waals surface area contributed by atoms with Crippen LogP contribution in [0.2, 0.25) is 0 Å². The van der Waals surface area contributed by atoms with Crippen molar-refractivity contribution in [3.05, 3.63) is 23.7 Å². The highest BCUT2D eigenvalue weighted by Crippen LogP contribution is 2.24. The quantitative estimate of drug-likeness (QED) is 0.871. The summed E-state index contributed by atoms with van der Waals surface area (Å²) in [6.07, 6.45) is 2.68. The molecule has 1 aromatic rings. The number of rotatable bonds is 4. The Morgan fingerprint density at radius 1 is 1.35 bits per heavy atom. The van der Waals surface area contributed by atoms with Crippen molar-refractivity contribution >= 4 is 0 Å². The highest BCUT2D eigenvalue weighted by molar-refractivity contribution is 5.07. The van der Waals surface area contributed by atoms with Gasteiger partial charge in [-0.3, -0.25) is 4.90 Å². The van der Waals surface area contributed by atoms with Gasteiger partial charge in [-0.15, -0.1) is 0 Å². The van der Waals surface area contributed by atoms with Crippen LogP contribution in [0.3, 0.4) is 0 Å². The number of nitrogens with zero attached hydrogens (tertiary/aromatic N) is 1. The van der Waals surface area contributed by atoms with E-state index in [4.69, 9.17) is 4.42 Å². The average molecular weight is 236 g/mol. The Bertz CT molecular complexity index is 348. The van der Waals surface area contributed by atoms with Crippen molar-refractivity contribution in [3.63, 3.8) is 0 Å². The Hall–Kier alpha value is -0.800. The topological polar surface area (TPSA) is 28.4 Å². The van der Waals surface area contributed by atoms with Crippen LogP contribution in [-0.4, -0.2) is 24.5 Å². The van der Waals surface area contributed by atoms with Gasteiger partial charge in [-0.25, -0.2) is 0 Å². The van der Waals surface area contributed by atoms with Crippen molar-refractivity contribution in [2.24, 2.45) is 5.92 Å². The molecule has 2 atom stereocenters. The minimum absolute atomic E-state index is 0.668. The molecule has 1 aliphatic heterocycles. The number of hydrogen-bond donors (Lipinski definition) is 1. The average Bonchev–Trinajstić information content (AvgIpc) is 2.73. The Morgan fingerprint density at radius 2 is 2.12 bits per heavy atom. The molecular weight excluding hydrogens is 212 g/mol. The summed E-state index contributed by atoms with van der Waals surface area (Å²) < 4.78 is 5.81. The first kappa shape index (κ1) is 12.7. The molecular formula is C14H24N2O. The Kier molecular flexibility index (Phi) is 4.24. The molecule has 1 fully saturated rings. The molecule has 3 heteroatoms. The molecule has 2 heterocycles. The fourth-order valence-corrected chi connectivity index (χ4v) is 2.62. The molecule has 17 heavy (non-hydrogen) atoms. The van der Waals surface area contributed by atoms with Gasteiger partial charge in [0.25, 0.3) is 0 Å². The molecule has 0 bridgehead atoms. The molecule has 3 nitrogen and oxygen atoms in total. The molecule has 0 aromatic carbocycles. The molecule has 0 radical (unpaired) electrons. The number of furan rings is 1. The molecule has 0 saturated carbocycles. The summed E-state index contributed by atoms with van der Waals surface area (Å²) >= 11 is 0. The summed E-state index contributed by atoms with van der Waals surface area (Å²) in [5, 5.41) is 3.11. The predicted octanol–water partition coefficient (Wildman–Crippen LogP) is 2.62. The third kappa shape index (κ3) is 3.11. The fourth-order valence-electron chi connectivity index (χ4n) is 2.62. The van der Waals surface area contributed by atoms with Gasteiger partial charge in [-0.05, 0) is 51.4 Å². The van der Waals surface area contributed by atoms with Gasteiger partial charge in [0.2, 0.25) is 0 Å². The molecule has 0 amide bonds. The van der Waals surface area contributed by atoms with E-state index in [0.29, 0.717) is 6.04 Å². The summed E-state index contributed by atoms with van der Waals surface area (Å²) in [4.78, 5) is 2.54. The summed E-state index contributed by atoms with van der Waals surface area (Å²) in [6.45, 7) is 7.65. The molecule has 0 spiro atoms. The van der Waals surface area contributed by atoms with Crippen LogP contribution in [0.1, 0.15) is 38.2 Å². The lowest BCUT2D eigenvalue weighted by molar-refractivity contribution is 0.0981. The Labute approximate surface area is 104 Å². The van der Waals surface area contributed by atoms with Gasteiger partial charge in [-0.1, -0.05) is 6.92 Å². The summed E-state index contributed by atoms with van der Waals surface area (Å²) in [7, 11) is 1.94. The summed E-state index contributed by atoms with van der Waals surface area (Å²) in [5.74, 6) is 2.92. The molecule has 1 saturated heterocycles. The maximum atomic E-state index is 5.81. The van der Waals surface area contributed by atoms with Crippen LogP contribution in [0.25, 0.3) is 0 Å². The van der Waals surface area contributed by atoms with Gasteiger partial charge in [0, 0.05) is 6.04 Å². The Balaban J connectivity index is 1.94. The van der Waals surface area contributed by atoms with Crippen LogP contribution in [0.5, 0.6) is 0 Å². The van der Waals surface area contributed by atoms with Gasteiger partial charge >= 0.3 is 0 Å². The molecule has 1 aliphatic rings. The second-order valence-corrected chi connectivity index (χ2v) is 5.23. The lowest BCUT2D eigenvalue weighted by Gasteiger charge is -2.37. The van der Waals surface area contributed by atoms with E-state index in [2.05, 4.69) is 36.2 Å². The van der Waals surface area contributed by atoms with E-state index in [0.717, 1.165) is 30.5 Å². The van der Waals surface area contributed by atoms with E-state index in [-0.39, 0.29) is 0 Å². The van der Waals surface area contributed by atoms with Crippen LogP contribution in [0.4, 0.5) is 0 Å². The third-order valence-corrected chi connectivity index (χ3v) is 3.93. The molecule has 96 valence electrons. The number of nitrogens with one attached hydrogen (secondary N) is 1. The zero-order valence-electron chi connectivity index (χ0n) is 11.2. The predicted molar refractivity (Wildman–Crippen MR) is 69.7 cm³/mol. The van der Waals surface area contributed by atoms with Gasteiger partial charge in [0.15, 0.2) is 0 Å². The highest BCUT2D eigenvalue weighted by Gasteiger charge is 2.25. The van der Waals surface area contributed by atoms with Gasteiger partial charge < -0.3 is 9.73 Å². The van der Waals surface area contributed by atoms with E-state index in [1.807, 2.05) is 7.05 Å². The van der Waals surface area contributed by atoms with Crippen LogP contribution in [0, 0.1) is 5.92 Å². The fraction of sp³-hybridized carbons (Fsp3) is 0.714. The zero-order chi connectivity index (χ0) is 12.3.